The van der Waals surface area contributed by atoms with E-state index in [1.54, 1.807) is 0 Å². The maximum absolute atomic E-state index is 10.4. The molecule has 0 amide bonds. The van der Waals surface area contributed by atoms with Crippen molar-refractivity contribution in [3.8, 4) is 5.75 Å². The zero-order valence-electron chi connectivity index (χ0n) is 11.6. The van der Waals surface area contributed by atoms with Crippen LogP contribution >= 0.6 is 0 Å². The standard InChI is InChI=1S/C15H24O.CH4/c1-10-8-11(14(2,3)4)13(16)12(9-10)15(5,6)7;/h8-9,16H,1-7H3;1H4. The summed E-state index contributed by atoms with van der Waals surface area (Å²) in [6, 6.07) is 4.18. The Kier molecular flexibility index (Phi) is 4.44. The lowest BCUT2D eigenvalue weighted by atomic mass is 9.78. The van der Waals surface area contributed by atoms with E-state index in [4.69, 9.17) is 0 Å². The second kappa shape index (κ2) is 4.72. The van der Waals surface area contributed by atoms with Crippen molar-refractivity contribution in [2.75, 3.05) is 0 Å². The molecule has 0 atom stereocenters. The minimum atomic E-state index is -0.0178. The van der Waals surface area contributed by atoms with Gasteiger partial charge in [-0.05, 0) is 28.9 Å². The van der Waals surface area contributed by atoms with Crippen LogP contribution in [0.4, 0.5) is 0 Å². The number of aryl methyl sites for hydroxylation is 1. The molecule has 1 rings (SSSR count). The number of hydrogen-bond acceptors (Lipinski definition) is 1. The highest BCUT2D eigenvalue weighted by atomic mass is 16.3. The molecule has 0 aliphatic heterocycles. The van der Waals surface area contributed by atoms with Crippen LogP contribution in [-0.2, 0) is 10.8 Å². The fourth-order valence-electron chi connectivity index (χ4n) is 1.92. The van der Waals surface area contributed by atoms with Gasteiger partial charge in [0.15, 0.2) is 0 Å². The first-order chi connectivity index (χ1) is 7.03. The lowest BCUT2D eigenvalue weighted by molar-refractivity contribution is 0.423. The van der Waals surface area contributed by atoms with Gasteiger partial charge in [-0.3, -0.25) is 0 Å². The van der Waals surface area contributed by atoms with Gasteiger partial charge < -0.3 is 5.11 Å². The molecule has 1 aromatic carbocycles. The summed E-state index contributed by atoms with van der Waals surface area (Å²) in [4.78, 5) is 0. The van der Waals surface area contributed by atoms with Gasteiger partial charge >= 0.3 is 0 Å². The van der Waals surface area contributed by atoms with E-state index in [1.165, 1.54) is 5.56 Å². The van der Waals surface area contributed by atoms with E-state index in [1.807, 2.05) is 0 Å². The molecule has 0 heterocycles. The first-order valence-corrected chi connectivity index (χ1v) is 5.88. The molecule has 1 heteroatoms. The second-order valence-electron chi connectivity index (χ2n) is 6.71. The summed E-state index contributed by atoms with van der Waals surface area (Å²) in [5.41, 5.74) is 3.26. The van der Waals surface area contributed by atoms with Crippen molar-refractivity contribution in [2.45, 2.75) is 66.7 Å². The van der Waals surface area contributed by atoms with Gasteiger partial charge in [-0.1, -0.05) is 66.7 Å². The third-order valence-corrected chi connectivity index (χ3v) is 2.87. The predicted octanol–water partition coefficient (Wildman–Crippen LogP) is 4.93. The molecule has 0 aliphatic carbocycles. The predicted molar refractivity (Wildman–Crippen MR) is 77.0 cm³/mol. The quantitative estimate of drug-likeness (QED) is 0.677. The minimum absolute atomic E-state index is 0. The Labute approximate surface area is 107 Å². The molecule has 1 N–H and O–H groups in total. The number of benzene rings is 1. The van der Waals surface area contributed by atoms with Crippen LogP contribution < -0.4 is 0 Å². The van der Waals surface area contributed by atoms with Crippen molar-refractivity contribution in [3.63, 3.8) is 0 Å². The number of rotatable bonds is 0. The highest BCUT2D eigenvalue weighted by Crippen LogP contribution is 2.39. The molecule has 1 aromatic rings. The zero-order valence-corrected chi connectivity index (χ0v) is 11.6. The third-order valence-electron chi connectivity index (χ3n) is 2.87. The van der Waals surface area contributed by atoms with E-state index < -0.39 is 0 Å². The molecule has 1 nitrogen and oxygen atoms in total. The average Bonchev–Trinajstić information content (AvgIpc) is 2.04. The smallest absolute Gasteiger partial charge is 0.123 e. The summed E-state index contributed by atoms with van der Waals surface area (Å²) in [6.45, 7) is 14.9. The summed E-state index contributed by atoms with van der Waals surface area (Å²) < 4.78 is 0. The van der Waals surface area contributed by atoms with Gasteiger partial charge in [0.2, 0.25) is 0 Å². The minimum Gasteiger partial charge on any atom is -0.507 e. The van der Waals surface area contributed by atoms with Gasteiger partial charge in [0, 0.05) is 0 Å². The van der Waals surface area contributed by atoms with Crippen molar-refractivity contribution < 1.29 is 5.11 Å². The van der Waals surface area contributed by atoms with Gasteiger partial charge in [0.1, 0.15) is 5.75 Å². The molecular weight excluding hydrogens is 208 g/mol. The first kappa shape index (κ1) is 16.0. The highest BCUT2D eigenvalue weighted by Gasteiger charge is 2.25. The second-order valence-corrected chi connectivity index (χ2v) is 6.71. The van der Waals surface area contributed by atoms with Gasteiger partial charge in [0.05, 0.1) is 0 Å². The van der Waals surface area contributed by atoms with Crippen molar-refractivity contribution in [3.05, 3.63) is 28.8 Å². The Bertz CT molecular complexity index is 354. The maximum Gasteiger partial charge on any atom is 0.123 e. The van der Waals surface area contributed by atoms with Crippen molar-refractivity contribution in [1.82, 2.24) is 0 Å². The van der Waals surface area contributed by atoms with Crippen molar-refractivity contribution in [1.29, 1.82) is 0 Å². The first-order valence-electron chi connectivity index (χ1n) is 5.88. The van der Waals surface area contributed by atoms with Gasteiger partial charge in [0.25, 0.3) is 0 Å². The molecule has 0 saturated carbocycles. The van der Waals surface area contributed by atoms with Crippen LogP contribution in [0.5, 0.6) is 5.75 Å². The number of aromatic hydroxyl groups is 1. The van der Waals surface area contributed by atoms with Crippen molar-refractivity contribution in [2.24, 2.45) is 0 Å². The van der Waals surface area contributed by atoms with E-state index in [0.29, 0.717) is 5.75 Å². The van der Waals surface area contributed by atoms with Crippen LogP contribution in [0.1, 0.15) is 65.7 Å². The fourth-order valence-corrected chi connectivity index (χ4v) is 1.92. The number of hydrogen-bond donors (Lipinski definition) is 1. The number of phenols is 1. The third kappa shape index (κ3) is 3.49. The maximum atomic E-state index is 10.4. The van der Waals surface area contributed by atoms with E-state index >= 15 is 0 Å². The molecule has 0 saturated heterocycles. The largest absolute Gasteiger partial charge is 0.507 e. The summed E-state index contributed by atoms with van der Waals surface area (Å²) in [5.74, 6) is 0.464. The van der Waals surface area contributed by atoms with Crippen LogP contribution in [-0.4, -0.2) is 5.11 Å². The van der Waals surface area contributed by atoms with Gasteiger partial charge in [-0.15, -0.1) is 0 Å². The van der Waals surface area contributed by atoms with E-state index in [-0.39, 0.29) is 18.3 Å². The molecule has 0 fully saturated rings. The molecule has 0 unspecified atom stereocenters. The Morgan fingerprint density at radius 3 is 1.35 bits per heavy atom. The molecule has 98 valence electrons. The summed E-state index contributed by atoms with van der Waals surface area (Å²) >= 11 is 0. The van der Waals surface area contributed by atoms with E-state index in [2.05, 4.69) is 60.6 Å². The molecule has 0 bridgehead atoms. The Morgan fingerprint density at radius 1 is 0.824 bits per heavy atom. The molecule has 0 spiro atoms. The van der Waals surface area contributed by atoms with Crippen molar-refractivity contribution >= 4 is 0 Å². The lowest BCUT2D eigenvalue weighted by Crippen LogP contribution is -2.17. The van der Waals surface area contributed by atoms with Gasteiger partial charge in [-0.25, -0.2) is 0 Å². The van der Waals surface area contributed by atoms with Crippen LogP contribution in [0, 0.1) is 6.92 Å². The summed E-state index contributed by atoms with van der Waals surface area (Å²) in [7, 11) is 0. The Hall–Kier alpha value is -0.980. The average molecular weight is 236 g/mol. The van der Waals surface area contributed by atoms with E-state index in [0.717, 1.165) is 11.1 Å². The monoisotopic (exact) mass is 236 g/mol. The Morgan fingerprint density at radius 2 is 1.12 bits per heavy atom. The molecule has 0 aromatic heterocycles. The molecule has 0 aliphatic rings. The topological polar surface area (TPSA) is 20.2 Å². The highest BCUT2D eigenvalue weighted by molar-refractivity contribution is 5.49. The van der Waals surface area contributed by atoms with Crippen LogP contribution in [0.3, 0.4) is 0 Å². The summed E-state index contributed by atoms with van der Waals surface area (Å²) in [6.07, 6.45) is 0. The SMILES string of the molecule is C.Cc1cc(C(C)(C)C)c(O)c(C(C)(C)C)c1. The molecule has 17 heavy (non-hydrogen) atoms. The number of phenolic OH excluding ortho intramolecular Hbond substituents is 1. The molecular formula is C16H28O. The van der Waals surface area contributed by atoms with Crippen LogP contribution in [0.25, 0.3) is 0 Å². The zero-order chi connectivity index (χ0) is 12.7. The Balaban J connectivity index is 0.00000256. The summed E-state index contributed by atoms with van der Waals surface area (Å²) in [5, 5.41) is 10.4. The van der Waals surface area contributed by atoms with Gasteiger partial charge in [-0.2, -0.15) is 0 Å². The fraction of sp³-hybridized carbons (Fsp3) is 0.625. The normalized spacial score (nSPS) is 12.2. The van der Waals surface area contributed by atoms with Crippen LogP contribution in [0.15, 0.2) is 12.1 Å². The van der Waals surface area contributed by atoms with Crippen LogP contribution in [0.2, 0.25) is 0 Å². The van der Waals surface area contributed by atoms with E-state index in [9.17, 15) is 5.11 Å². The lowest BCUT2D eigenvalue weighted by Gasteiger charge is -2.27. The molecule has 0 radical (unpaired) electrons.